The number of hydrogen-bond acceptors (Lipinski definition) is 8. The number of anilines is 2. The second-order valence-corrected chi connectivity index (χ2v) is 5.44. The smallest absolute Gasteiger partial charge is 0.128 e. The first-order valence-electron chi connectivity index (χ1n) is 7.99. The van der Waals surface area contributed by atoms with Crippen LogP contribution in [0.1, 0.15) is 0 Å². The minimum atomic E-state index is -1.63. The standard InChI is InChI=1S/C18H22N4O4/c23-12-16(24)18(26)17(25)15(22-21-14-9-5-2-6-10-14)11-19-20-13-7-3-1-4-8-13/h1-11,16-18,20-21,23-26H,12H2/b19-11+,22-15-/t16-,17+,18-/m1/s1. The molecule has 2 rings (SSSR count). The molecule has 0 aliphatic rings. The van der Waals surface area contributed by atoms with Crippen molar-refractivity contribution in [3.05, 3.63) is 60.7 Å². The number of aliphatic hydroxyl groups excluding tert-OH is 4. The fraction of sp³-hybridized carbons (Fsp3) is 0.222. The largest absolute Gasteiger partial charge is 0.394 e. The summed E-state index contributed by atoms with van der Waals surface area (Å²) in [4.78, 5) is 0. The Labute approximate surface area is 151 Å². The molecule has 0 heterocycles. The number of para-hydroxylation sites is 2. The van der Waals surface area contributed by atoms with Gasteiger partial charge < -0.3 is 20.4 Å². The van der Waals surface area contributed by atoms with E-state index in [1.54, 1.807) is 24.3 Å². The maximum atomic E-state index is 10.2. The quantitative estimate of drug-likeness (QED) is 0.288. The van der Waals surface area contributed by atoms with Crippen molar-refractivity contribution in [3.63, 3.8) is 0 Å². The van der Waals surface area contributed by atoms with E-state index in [9.17, 15) is 15.3 Å². The van der Waals surface area contributed by atoms with Crippen LogP contribution in [-0.4, -0.2) is 57.3 Å². The molecule has 0 spiro atoms. The summed E-state index contributed by atoms with van der Waals surface area (Å²) in [6.45, 7) is -0.697. The molecule has 8 heteroatoms. The average Bonchev–Trinajstić information content (AvgIpc) is 2.70. The van der Waals surface area contributed by atoms with Crippen molar-refractivity contribution in [1.82, 2.24) is 0 Å². The molecule has 0 bridgehead atoms. The number of nitrogens with one attached hydrogen (secondary N) is 2. The molecule has 6 N–H and O–H groups in total. The van der Waals surface area contributed by atoms with Gasteiger partial charge in [0.1, 0.15) is 24.0 Å². The van der Waals surface area contributed by atoms with E-state index in [0.717, 1.165) is 5.69 Å². The SMILES string of the molecule is OC[C@@H](O)[C@@H](O)[C@@H](O)C(/C=N/Nc1ccccc1)=N\Nc1ccccc1. The van der Waals surface area contributed by atoms with Gasteiger partial charge in [0.15, 0.2) is 0 Å². The third-order valence-corrected chi connectivity index (χ3v) is 3.46. The first-order chi connectivity index (χ1) is 12.6. The van der Waals surface area contributed by atoms with E-state index in [1.165, 1.54) is 6.21 Å². The monoisotopic (exact) mass is 358 g/mol. The summed E-state index contributed by atoms with van der Waals surface area (Å²) in [6.07, 6.45) is -3.47. The van der Waals surface area contributed by atoms with Crippen LogP contribution in [0, 0.1) is 0 Å². The number of aliphatic hydroxyl groups is 4. The molecule has 0 fully saturated rings. The Bertz CT molecular complexity index is 710. The lowest BCUT2D eigenvalue weighted by Gasteiger charge is -2.21. The van der Waals surface area contributed by atoms with E-state index < -0.39 is 24.9 Å². The van der Waals surface area contributed by atoms with Crippen molar-refractivity contribution in [2.24, 2.45) is 10.2 Å². The maximum Gasteiger partial charge on any atom is 0.128 e. The van der Waals surface area contributed by atoms with Gasteiger partial charge in [0.05, 0.1) is 24.2 Å². The fourth-order valence-electron chi connectivity index (χ4n) is 1.99. The molecule has 0 unspecified atom stereocenters. The zero-order chi connectivity index (χ0) is 18.8. The molecule has 2 aromatic carbocycles. The normalized spacial score (nSPS) is 15.5. The highest BCUT2D eigenvalue weighted by Gasteiger charge is 2.27. The second kappa shape index (κ2) is 10.3. The van der Waals surface area contributed by atoms with Crippen LogP contribution in [0.4, 0.5) is 11.4 Å². The molecule has 0 aromatic heterocycles. The van der Waals surface area contributed by atoms with Gasteiger partial charge in [-0.15, -0.1) is 0 Å². The van der Waals surface area contributed by atoms with Gasteiger partial charge in [0.25, 0.3) is 0 Å². The Hall–Kier alpha value is -2.78. The number of hydrazone groups is 2. The molecular formula is C18H22N4O4. The number of benzene rings is 2. The lowest BCUT2D eigenvalue weighted by molar-refractivity contribution is -0.0548. The van der Waals surface area contributed by atoms with Crippen molar-refractivity contribution in [1.29, 1.82) is 0 Å². The van der Waals surface area contributed by atoms with Crippen molar-refractivity contribution < 1.29 is 20.4 Å². The van der Waals surface area contributed by atoms with Gasteiger partial charge in [-0.1, -0.05) is 36.4 Å². The molecule has 0 saturated carbocycles. The van der Waals surface area contributed by atoms with E-state index in [1.807, 2.05) is 36.4 Å². The molecule has 138 valence electrons. The van der Waals surface area contributed by atoms with Gasteiger partial charge in [-0.2, -0.15) is 10.2 Å². The fourth-order valence-corrected chi connectivity index (χ4v) is 1.99. The van der Waals surface area contributed by atoms with Gasteiger partial charge in [-0.25, -0.2) is 0 Å². The Morgan fingerprint density at radius 3 is 1.96 bits per heavy atom. The van der Waals surface area contributed by atoms with Crippen LogP contribution >= 0.6 is 0 Å². The molecule has 0 aliphatic heterocycles. The molecule has 26 heavy (non-hydrogen) atoms. The van der Waals surface area contributed by atoms with Crippen molar-refractivity contribution in [3.8, 4) is 0 Å². The predicted octanol–water partition coefficient (Wildman–Crippen LogP) is 0.627. The maximum absolute atomic E-state index is 10.2. The second-order valence-electron chi connectivity index (χ2n) is 5.44. The van der Waals surface area contributed by atoms with Crippen LogP contribution in [-0.2, 0) is 0 Å². The Morgan fingerprint density at radius 1 is 0.885 bits per heavy atom. The number of rotatable bonds is 9. The van der Waals surface area contributed by atoms with Gasteiger partial charge in [0, 0.05) is 0 Å². The minimum absolute atomic E-state index is 0.0303. The van der Waals surface area contributed by atoms with Crippen LogP contribution in [0.5, 0.6) is 0 Å². The predicted molar refractivity (Wildman–Crippen MR) is 101 cm³/mol. The van der Waals surface area contributed by atoms with Crippen LogP contribution in [0.25, 0.3) is 0 Å². The van der Waals surface area contributed by atoms with Crippen molar-refractivity contribution in [2.45, 2.75) is 18.3 Å². The van der Waals surface area contributed by atoms with Crippen molar-refractivity contribution in [2.75, 3.05) is 17.5 Å². The molecule has 0 amide bonds. The molecule has 2 aromatic rings. The van der Waals surface area contributed by atoms with Gasteiger partial charge in [-0.05, 0) is 24.3 Å². The summed E-state index contributed by atoms with van der Waals surface area (Å²) >= 11 is 0. The molecular weight excluding hydrogens is 336 g/mol. The Kier molecular flexibility index (Phi) is 7.72. The molecule has 0 aliphatic carbocycles. The first kappa shape index (κ1) is 19.5. The Morgan fingerprint density at radius 2 is 1.42 bits per heavy atom. The molecule has 8 nitrogen and oxygen atoms in total. The minimum Gasteiger partial charge on any atom is -0.394 e. The summed E-state index contributed by atoms with van der Waals surface area (Å²) in [5.41, 5.74) is 6.87. The summed E-state index contributed by atoms with van der Waals surface area (Å²) in [5, 5.41) is 46.7. The zero-order valence-electron chi connectivity index (χ0n) is 14.0. The third-order valence-electron chi connectivity index (χ3n) is 3.46. The van der Waals surface area contributed by atoms with E-state index in [4.69, 9.17) is 5.11 Å². The van der Waals surface area contributed by atoms with Crippen LogP contribution in [0.15, 0.2) is 70.9 Å². The van der Waals surface area contributed by atoms with Gasteiger partial charge >= 0.3 is 0 Å². The van der Waals surface area contributed by atoms with Crippen LogP contribution < -0.4 is 10.9 Å². The highest BCUT2D eigenvalue weighted by Crippen LogP contribution is 2.08. The topological polar surface area (TPSA) is 130 Å². The number of hydrogen-bond donors (Lipinski definition) is 6. The summed E-state index contributed by atoms with van der Waals surface area (Å²) in [5.74, 6) is 0. The molecule has 0 saturated heterocycles. The zero-order valence-corrected chi connectivity index (χ0v) is 14.0. The van der Waals surface area contributed by atoms with E-state index in [2.05, 4.69) is 21.1 Å². The lowest BCUT2D eigenvalue weighted by atomic mass is 10.0. The van der Waals surface area contributed by atoms with E-state index in [-0.39, 0.29) is 5.71 Å². The molecule has 3 atom stereocenters. The van der Waals surface area contributed by atoms with Gasteiger partial charge in [0.2, 0.25) is 0 Å². The van der Waals surface area contributed by atoms with E-state index in [0.29, 0.717) is 5.69 Å². The highest BCUT2D eigenvalue weighted by molar-refractivity contribution is 6.33. The van der Waals surface area contributed by atoms with Crippen LogP contribution in [0.3, 0.4) is 0 Å². The van der Waals surface area contributed by atoms with Crippen molar-refractivity contribution >= 4 is 23.3 Å². The molecule has 0 radical (unpaired) electrons. The number of nitrogens with zero attached hydrogens (tertiary/aromatic N) is 2. The van der Waals surface area contributed by atoms with Gasteiger partial charge in [-0.3, -0.25) is 10.9 Å². The summed E-state index contributed by atoms with van der Waals surface area (Å²) in [7, 11) is 0. The third kappa shape index (κ3) is 5.94. The average molecular weight is 358 g/mol. The summed E-state index contributed by atoms with van der Waals surface area (Å²) in [6, 6.07) is 18.1. The first-order valence-corrected chi connectivity index (χ1v) is 7.99. The highest BCUT2D eigenvalue weighted by atomic mass is 16.4. The Balaban J connectivity index is 2.14. The summed E-state index contributed by atoms with van der Waals surface area (Å²) < 4.78 is 0. The van der Waals surface area contributed by atoms with Crippen LogP contribution in [0.2, 0.25) is 0 Å². The lowest BCUT2D eigenvalue weighted by Crippen LogP contribution is -2.44. The van der Waals surface area contributed by atoms with E-state index >= 15 is 0 Å².